The number of aryl methyl sites for hydroxylation is 1. The van der Waals surface area contributed by atoms with Gasteiger partial charge < -0.3 is 10.2 Å². The highest BCUT2D eigenvalue weighted by atomic mass is 16.2. The molecule has 0 bridgehead atoms. The average molecular weight is 308 g/mol. The molecule has 0 aromatic heterocycles. The summed E-state index contributed by atoms with van der Waals surface area (Å²) in [6, 6.07) is 15.3. The van der Waals surface area contributed by atoms with Crippen molar-refractivity contribution >= 4 is 23.2 Å². The van der Waals surface area contributed by atoms with Crippen molar-refractivity contribution in [2.24, 2.45) is 5.92 Å². The van der Waals surface area contributed by atoms with Crippen molar-refractivity contribution in [3.8, 4) is 0 Å². The average Bonchev–Trinajstić information content (AvgIpc) is 2.94. The molecule has 1 aliphatic heterocycles. The van der Waals surface area contributed by atoms with Gasteiger partial charge in [-0.25, -0.2) is 0 Å². The predicted molar refractivity (Wildman–Crippen MR) is 91.4 cm³/mol. The molecule has 2 aromatic rings. The maximum Gasteiger partial charge on any atom is 0.239 e. The third-order valence-corrected chi connectivity index (χ3v) is 4.45. The molecule has 0 aliphatic carbocycles. The Kier molecular flexibility index (Phi) is 4.15. The van der Waals surface area contributed by atoms with Gasteiger partial charge in [0.2, 0.25) is 11.8 Å². The van der Waals surface area contributed by atoms with E-state index in [1.807, 2.05) is 62.4 Å². The molecule has 23 heavy (non-hydrogen) atoms. The van der Waals surface area contributed by atoms with Gasteiger partial charge in [0.05, 0.1) is 0 Å². The van der Waals surface area contributed by atoms with Crippen LogP contribution in [0.15, 0.2) is 48.5 Å². The Balaban J connectivity index is 1.74. The van der Waals surface area contributed by atoms with Crippen LogP contribution in [0, 0.1) is 19.8 Å². The number of carbonyl (C=O) groups is 2. The topological polar surface area (TPSA) is 49.4 Å². The van der Waals surface area contributed by atoms with Crippen LogP contribution >= 0.6 is 0 Å². The van der Waals surface area contributed by atoms with Crippen LogP contribution < -0.4 is 10.2 Å². The summed E-state index contributed by atoms with van der Waals surface area (Å²) >= 11 is 0. The molecule has 1 N–H and O–H groups in total. The SMILES string of the molecule is Cc1cccc(NC(=O)[C@@H]2CCN(c3ccccc3)C2=O)c1C. The van der Waals surface area contributed by atoms with Crippen LogP contribution in [-0.4, -0.2) is 18.4 Å². The fourth-order valence-corrected chi connectivity index (χ4v) is 2.89. The normalized spacial score (nSPS) is 17.4. The van der Waals surface area contributed by atoms with Crippen LogP contribution in [0.1, 0.15) is 17.5 Å². The third kappa shape index (κ3) is 2.97. The number of hydrogen-bond acceptors (Lipinski definition) is 2. The van der Waals surface area contributed by atoms with E-state index in [-0.39, 0.29) is 11.8 Å². The Morgan fingerprint density at radius 3 is 2.57 bits per heavy atom. The van der Waals surface area contributed by atoms with Crippen molar-refractivity contribution in [2.75, 3.05) is 16.8 Å². The number of anilines is 2. The molecule has 3 rings (SSSR count). The Bertz CT molecular complexity index is 740. The molecule has 2 aromatic carbocycles. The predicted octanol–water partition coefficient (Wildman–Crippen LogP) is 3.30. The number of amides is 2. The number of nitrogens with one attached hydrogen (secondary N) is 1. The zero-order valence-corrected chi connectivity index (χ0v) is 13.4. The maximum atomic E-state index is 12.6. The number of rotatable bonds is 3. The second kappa shape index (κ2) is 6.24. The zero-order chi connectivity index (χ0) is 16.4. The van der Waals surface area contributed by atoms with Gasteiger partial charge in [-0.1, -0.05) is 30.3 Å². The molecule has 1 atom stereocenters. The third-order valence-electron chi connectivity index (χ3n) is 4.45. The minimum atomic E-state index is -0.616. The van der Waals surface area contributed by atoms with E-state index >= 15 is 0 Å². The Morgan fingerprint density at radius 2 is 1.83 bits per heavy atom. The van der Waals surface area contributed by atoms with Crippen molar-refractivity contribution in [3.05, 3.63) is 59.7 Å². The number of benzene rings is 2. The first-order chi connectivity index (χ1) is 11.1. The first-order valence-electron chi connectivity index (χ1n) is 7.81. The van der Waals surface area contributed by atoms with Gasteiger partial charge in [0.25, 0.3) is 0 Å². The molecule has 4 nitrogen and oxygen atoms in total. The van der Waals surface area contributed by atoms with Gasteiger partial charge in [0.1, 0.15) is 5.92 Å². The van der Waals surface area contributed by atoms with Crippen molar-refractivity contribution in [1.29, 1.82) is 0 Å². The van der Waals surface area contributed by atoms with Crippen LogP contribution in [-0.2, 0) is 9.59 Å². The number of nitrogens with zero attached hydrogens (tertiary/aromatic N) is 1. The molecule has 2 amide bonds. The molecule has 1 heterocycles. The van der Waals surface area contributed by atoms with Gasteiger partial charge in [-0.2, -0.15) is 0 Å². The Hall–Kier alpha value is -2.62. The van der Waals surface area contributed by atoms with Gasteiger partial charge in [0, 0.05) is 17.9 Å². The largest absolute Gasteiger partial charge is 0.325 e. The van der Waals surface area contributed by atoms with E-state index in [2.05, 4.69) is 5.32 Å². The highest BCUT2D eigenvalue weighted by Crippen LogP contribution is 2.27. The zero-order valence-electron chi connectivity index (χ0n) is 13.4. The van der Waals surface area contributed by atoms with E-state index in [1.54, 1.807) is 4.90 Å². The van der Waals surface area contributed by atoms with Crippen molar-refractivity contribution in [2.45, 2.75) is 20.3 Å². The molecule has 1 fully saturated rings. The lowest BCUT2D eigenvalue weighted by Crippen LogP contribution is -2.33. The van der Waals surface area contributed by atoms with E-state index in [4.69, 9.17) is 0 Å². The second-order valence-electron chi connectivity index (χ2n) is 5.90. The molecular formula is C19H20N2O2. The molecular weight excluding hydrogens is 288 g/mol. The van der Waals surface area contributed by atoms with Crippen molar-refractivity contribution < 1.29 is 9.59 Å². The molecule has 1 saturated heterocycles. The lowest BCUT2D eigenvalue weighted by molar-refractivity contribution is -0.129. The highest BCUT2D eigenvalue weighted by Gasteiger charge is 2.37. The van der Waals surface area contributed by atoms with Crippen LogP contribution in [0.3, 0.4) is 0 Å². The fraction of sp³-hybridized carbons (Fsp3) is 0.263. The van der Waals surface area contributed by atoms with E-state index in [1.165, 1.54) is 0 Å². The summed E-state index contributed by atoms with van der Waals surface area (Å²) in [7, 11) is 0. The number of carbonyl (C=O) groups excluding carboxylic acids is 2. The smallest absolute Gasteiger partial charge is 0.239 e. The lowest BCUT2D eigenvalue weighted by Gasteiger charge is -2.17. The highest BCUT2D eigenvalue weighted by molar-refractivity contribution is 6.13. The van der Waals surface area contributed by atoms with Gasteiger partial charge in [-0.15, -0.1) is 0 Å². The molecule has 0 spiro atoms. The molecule has 0 unspecified atom stereocenters. The molecule has 4 heteroatoms. The summed E-state index contributed by atoms with van der Waals surface area (Å²) in [6.07, 6.45) is 0.546. The summed E-state index contributed by atoms with van der Waals surface area (Å²) < 4.78 is 0. The van der Waals surface area contributed by atoms with Crippen molar-refractivity contribution in [3.63, 3.8) is 0 Å². The van der Waals surface area contributed by atoms with E-state index in [0.29, 0.717) is 13.0 Å². The van der Waals surface area contributed by atoms with Crippen molar-refractivity contribution in [1.82, 2.24) is 0 Å². The van der Waals surface area contributed by atoms with Crippen LogP contribution in [0.5, 0.6) is 0 Å². The van der Waals surface area contributed by atoms with Gasteiger partial charge in [-0.3, -0.25) is 9.59 Å². The molecule has 0 saturated carbocycles. The Labute approximate surface area is 136 Å². The van der Waals surface area contributed by atoms with E-state index < -0.39 is 5.92 Å². The summed E-state index contributed by atoms with van der Waals surface area (Å²) in [5, 5.41) is 2.91. The van der Waals surface area contributed by atoms with Gasteiger partial charge >= 0.3 is 0 Å². The quantitative estimate of drug-likeness (QED) is 0.885. The minimum absolute atomic E-state index is 0.126. The lowest BCUT2D eigenvalue weighted by atomic mass is 10.1. The fourth-order valence-electron chi connectivity index (χ4n) is 2.89. The monoisotopic (exact) mass is 308 g/mol. The van der Waals surface area contributed by atoms with Crippen LogP contribution in [0.25, 0.3) is 0 Å². The van der Waals surface area contributed by atoms with Crippen LogP contribution in [0.2, 0.25) is 0 Å². The van der Waals surface area contributed by atoms with E-state index in [0.717, 1.165) is 22.5 Å². The first-order valence-corrected chi connectivity index (χ1v) is 7.81. The van der Waals surface area contributed by atoms with Gasteiger partial charge in [-0.05, 0) is 49.6 Å². The van der Waals surface area contributed by atoms with Gasteiger partial charge in [0.15, 0.2) is 0 Å². The summed E-state index contributed by atoms with van der Waals surface area (Å²) in [6.45, 7) is 4.55. The van der Waals surface area contributed by atoms with Crippen LogP contribution in [0.4, 0.5) is 11.4 Å². The standard InChI is InChI=1S/C19H20N2O2/c1-13-7-6-10-17(14(13)2)20-18(22)16-11-12-21(19(16)23)15-8-4-3-5-9-15/h3-10,16H,11-12H2,1-2H3,(H,20,22)/t16-/m0/s1. The number of hydrogen-bond donors (Lipinski definition) is 1. The summed E-state index contributed by atoms with van der Waals surface area (Å²) in [5.41, 5.74) is 3.78. The van der Waals surface area contributed by atoms with E-state index in [9.17, 15) is 9.59 Å². The second-order valence-corrected chi connectivity index (χ2v) is 5.90. The Morgan fingerprint density at radius 1 is 1.09 bits per heavy atom. The molecule has 0 radical (unpaired) electrons. The molecule has 1 aliphatic rings. The molecule has 118 valence electrons. The summed E-state index contributed by atoms with van der Waals surface area (Å²) in [5.74, 6) is -0.962. The first kappa shape index (κ1) is 15.3. The summed E-state index contributed by atoms with van der Waals surface area (Å²) in [4.78, 5) is 26.7. The maximum absolute atomic E-state index is 12.6. The number of para-hydroxylation sites is 1. The minimum Gasteiger partial charge on any atom is -0.325 e.